The molecule has 0 bridgehead atoms. The van der Waals surface area contributed by atoms with Crippen LogP contribution in [0.5, 0.6) is 0 Å². The number of carbonyl (C=O) groups is 1. The Balaban J connectivity index is 2.00. The first-order valence-electron chi connectivity index (χ1n) is 4.97. The van der Waals surface area contributed by atoms with Crippen molar-refractivity contribution in [3.05, 3.63) is 46.7 Å². The van der Waals surface area contributed by atoms with Gasteiger partial charge in [0.15, 0.2) is 11.6 Å². The lowest BCUT2D eigenvalue weighted by molar-refractivity contribution is -0.116. The Morgan fingerprint density at radius 3 is 2.78 bits per heavy atom. The average molecular weight is 316 g/mol. The van der Waals surface area contributed by atoms with Crippen LogP contribution in [0, 0.1) is 11.6 Å². The van der Waals surface area contributed by atoms with Crippen LogP contribution in [0.4, 0.5) is 14.5 Å². The number of carbonyl (C=O) groups excluding carboxylic acids is 1. The van der Waals surface area contributed by atoms with Crippen LogP contribution >= 0.6 is 15.9 Å². The molecule has 1 amide bonds. The van der Waals surface area contributed by atoms with Gasteiger partial charge in [0.2, 0.25) is 5.91 Å². The second-order valence-electron chi connectivity index (χ2n) is 3.53. The van der Waals surface area contributed by atoms with Crippen molar-refractivity contribution >= 4 is 27.5 Å². The third kappa shape index (κ3) is 3.13. The van der Waals surface area contributed by atoms with E-state index in [1.165, 1.54) is 10.7 Å². The third-order valence-electron chi connectivity index (χ3n) is 2.11. The summed E-state index contributed by atoms with van der Waals surface area (Å²) in [5.41, 5.74) is 0.199. The molecule has 94 valence electrons. The topological polar surface area (TPSA) is 46.9 Å². The van der Waals surface area contributed by atoms with Crippen molar-refractivity contribution in [1.82, 2.24) is 9.78 Å². The van der Waals surface area contributed by atoms with Crippen LogP contribution in [0.1, 0.15) is 0 Å². The molecule has 0 aliphatic carbocycles. The van der Waals surface area contributed by atoms with Crippen LogP contribution in [0.2, 0.25) is 0 Å². The first-order valence-corrected chi connectivity index (χ1v) is 5.77. The molecular weight excluding hydrogens is 308 g/mol. The molecule has 0 fully saturated rings. The van der Waals surface area contributed by atoms with Gasteiger partial charge in [-0.1, -0.05) is 0 Å². The van der Waals surface area contributed by atoms with Crippen LogP contribution in [0.25, 0.3) is 0 Å². The van der Waals surface area contributed by atoms with Crippen molar-refractivity contribution in [2.75, 3.05) is 5.32 Å². The molecule has 1 heterocycles. The maximum Gasteiger partial charge on any atom is 0.246 e. The van der Waals surface area contributed by atoms with Crippen molar-refractivity contribution in [3.63, 3.8) is 0 Å². The lowest BCUT2D eigenvalue weighted by Crippen LogP contribution is -2.19. The van der Waals surface area contributed by atoms with Crippen LogP contribution in [-0.2, 0) is 11.3 Å². The van der Waals surface area contributed by atoms with Crippen molar-refractivity contribution in [1.29, 1.82) is 0 Å². The quantitative estimate of drug-likeness (QED) is 0.946. The molecule has 4 nitrogen and oxygen atoms in total. The van der Waals surface area contributed by atoms with Crippen LogP contribution in [0.3, 0.4) is 0 Å². The first-order chi connectivity index (χ1) is 8.54. The smallest absolute Gasteiger partial charge is 0.246 e. The highest BCUT2D eigenvalue weighted by Crippen LogP contribution is 2.13. The number of amides is 1. The number of aromatic nitrogens is 2. The zero-order valence-corrected chi connectivity index (χ0v) is 10.6. The number of rotatable bonds is 3. The van der Waals surface area contributed by atoms with Crippen LogP contribution in [0.15, 0.2) is 35.1 Å². The Morgan fingerprint density at radius 2 is 2.17 bits per heavy atom. The fourth-order valence-corrected chi connectivity index (χ4v) is 1.67. The Morgan fingerprint density at radius 1 is 1.39 bits per heavy atom. The van der Waals surface area contributed by atoms with Crippen molar-refractivity contribution in [2.45, 2.75) is 6.54 Å². The van der Waals surface area contributed by atoms with Gasteiger partial charge in [-0.3, -0.25) is 9.48 Å². The minimum absolute atomic E-state index is 0.00933. The van der Waals surface area contributed by atoms with Gasteiger partial charge in [-0.25, -0.2) is 8.78 Å². The lowest BCUT2D eigenvalue weighted by atomic mass is 10.3. The molecule has 2 aromatic rings. The maximum atomic E-state index is 12.9. The number of hydrogen-bond donors (Lipinski definition) is 1. The highest BCUT2D eigenvalue weighted by Gasteiger charge is 2.07. The second-order valence-corrected chi connectivity index (χ2v) is 4.45. The van der Waals surface area contributed by atoms with Crippen molar-refractivity contribution < 1.29 is 13.6 Å². The van der Waals surface area contributed by atoms with E-state index in [1.54, 1.807) is 12.4 Å². The molecule has 2 rings (SSSR count). The zero-order chi connectivity index (χ0) is 13.1. The lowest BCUT2D eigenvalue weighted by Gasteiger charge is -2.05. The van der Waals surface area contributed by atoms with Crippen molar-refractivity contribution in [2.24, 2.45) is 0 Å². The van der Waals surface area contributed by atoms with Gasteiger partial charge in [0, 0.05) is 18.0 Å². The molecule has 0 saturated carbocycles. The summed E-state index contributed by atoms with van der Waals surface area (Å²) in [5, 5.41) is 6.35. The molecule has 1 N–H and O–H groups in total. The molecule has 0 aliphatic heterocycles. The van der Waals surface area contributed by atoms with Crippen molar-refractivity contribution in [3.8, 4) is 0 Å². The van der Waals surface area contributed by atoms with E-state index in [-0.39, 0.29) is 18.1 Å². The van der Waals surface area contributed by atoms with Gasteiger partial charge in [-0.05, 0) is 28.1 Å². The van der Waals surface area contributed by atoms with Crippen LogP contribution in [-0.4, -0.2) is 15.7 Å². The largest absolute Gasteiger partial charge is 0.324 e. The van der Waals surface area contributed by atoms with Gasteiger partial charge >= 0.3 is 0 Å². The highest BCUT2D eigenvalue weighted by atomic mass is 79.9. The average Bonchev–Trinajstić information content (AvgIpc) is 2.69. The predicted molar refractivity (Wildman–Crippen MR) is 64.9 cm³/mol. The van der Waals surface area contributed by atoms with Gasteiger partial charge in [0.25, 0.3) is 0 Å². The Kier molecular flexibility index (Phi) is 3.71. The summed E-state index contributed by atoms with van der Waals surface area (Å²) in [5.74, 6) is -2.34. The summed E-state index contributed by atoms with van der Waals surface area (Å²) in [6, 6.07) is 3.16. The first kappa shape index (κ1) is 12.7. The molecule has 0 aliphatic rings. The summed E-state index contributed by atoms with van der Waals surface area (Å²) in [7, 11) is 0. The van der Waals surface area contributed by atoms with E-state index in [1.807, 2.05) is 0 Å². The second kappa shape index (κ2) is 5.26. The molecule has 0 saturated heterocycles. The SMILES string of the molecule is O=C(Cn1cc(Br)cn1)Nc1ccc(F)c(F)c1. The van der Waals surface area contributed by atoms with E-state index in [0.29, 0.717) is 0 Å². The summed E-state index contributed by atoms with van der Waals surface area (Å²) in [6.45, 7) is -0.00933. The molecule has 0 spiro atoms. The fourth-order valence-electron chi connectivity index (χ4n) is 1.35. The molecule has 1 aromatic carbocycles. The normalized spacial score (nSPS) is 10.4. The minimum atomic E-state index is -1.00. The molecule has 1 aromatic heterocycles. The third-order valence-corrected chi connectivity index (χ3v) is 2.52. The number of nitrogens with one attached hydrogen (secondary N) is 1. The number of benzene rings is 1. The van der Waals surface area contributed by atoms with Gasteiger partial charge in [0.05, 0.1) is 10.7 Å². The van der Waals surface area contributed by atoms with E-state index >= 15 is 0 Å². The van der Waals surface area contributed by atoms with Gasteiger partial charge in [0.1, 0.15) is 6.54 Å². The van der Waals surface area contributed by atoms with E-state index in [9.17, 15) is 13.6 Å². The van der Waals surface area contributed by atoms with Crippen LogP contribution < -0.4 is 5.32 Å². The molecule has 0 atom stereocenters. The minimum Gasteiger partial charge on any atom is -0.324 e. The van der Waals surface area contributed by atoms with Gasteiger partial charge < -0.3 is 5.32 Å². The van der Waals surface area contributed by atoms with Gasteiger partial charge in [-0.15, -0.1) is 0 Å². The summed E-state index contributed by atoms with van der Waals surface area (Å²) in [6.07, 6.45) is 3.18. The fraction of sp³-hybridized carbons (Fsp3) is 0.0909. The Bertz CT molecular complexity index is 585. The Labute approximate surface area is 110 Å². The van der Waals surface area contributed by atoms with E-state index in [2.05, 4.69) is 26.3 Å². The predicted octanol–water partition coefficient (Wildman–Crippen LogP) is 2.56. The summed E-state index contributed by atoms with van der Waals surface area (Å²) < 4.78 is 27.8. The number of halogens is 3. The summed E-state index contributed by atoms with van der Waals surface area (Å²) >= 11 is 3.20. The standard InChI is InChI=1S/C11H8BrF2N3O/c12-7-4-15-17(5-7)6-11(18)16-8-1-2-9(13)10(14)3-8/h1-5H,6H2,(H,16,18). The molecule has 0 radical (unpaired) electrons. The van der Waals surface area contributed by atoms with E-state index < -0.39 is 11.6 Å². The van der Waals surface area contributed by atoms with E-state index in [0.717, 1.165) is 16.6 Å². The number of hydrogen-bond acceptors (Lipinski definition) is 2. The van der Waals surface area contributed by atoms with Gasteiger partial charge in [-0.2, -0.15) is 5.10 Å². The monoisotopic (exact) mass is 315 g/mol. The summed E-state index contributed by atoms with van der Waals surface area (Å²) in [4.78, 5) is 11.6. The number of nitrogens with zero attached hydrogens (tertiary/aromatic N) is 2. The van der Waals surface area contributed by atoms with E-state index in [4.69, 9.17) is 0 Å². The number of anilines is 1. The molecule has 0 unspecified atom stereocenters. The molecular formula is C11H8BrF2N3O. The maximum absolute atomic E-state index is 12.9. The molecule has 7 heteroatoms. The molecule has 18 heavy (non-hydrogen) atoms. The Hall–Kier alpha value is -1.76. The highest BCUT2D eigenvalue weighted by molar-refractivity contribution is 9.10. The zero-order valence-electron chi connectivity index (χ0n) is 9.03.